The summed E-state index contributed by atoms with van der Waals surface area (Å²) in [6, 6.07) is 3.20. The molecule has 0 atom stereocenters. The zero-order chi connectivity index (χ0) is 15.9. The summed E-state index contributed by atoms with van der Waals surface area (Å²) in [6.45, 7) is 1.62. The predicted octanol–water partition coefficient (Wildman–Crippen LogP) is 2.44. The molecule has 0 radical (unpaired) electrons. The summed E-state index contributed by atoms with van der Waals surface area (Å²) in [7, 11) is 2.02. The van der Waals surface area contributed by atoms with E-state index < -0.39 is 11.8 Å². The van der Waals surface area contributed by atoms with Gasteiger partial charge in [0.25, 0.3) is 11.8 Å². The molecule has 0 bridgehead atoms. The van der Waals surface area contributed by atoms with Gasteiger partial charge in [-0.25, -0.2) is 0 Å². The van der Waals surface area contributed by atoms with Crippen molar-refractivity contribution in [2.24, 2.45) is 5.73 Å². The molecule has 3 N–H and O–H groups in total. The average molecular weight is 384 g/mol. The van der Waals surface area contributed by atoms with Crippen LogP contribution in [0.25, 0.3) is 0 Å². The number of rotatable bonds is 3. The van der Waals surface area contributed by atoms with Crippen molar-refractivity contribution in [3.63, 3.8) is 0 Å². The van der Waals surface area contributed by atoms with Gasteiger partial charge in [0.15, 0.2) is 10.4 Å². The normalized spacial score (nSPS) is 14.6. The van der Waals surface area contributed by atoms with Gasteiger partial charge in [-0.15, -0.1) is 11.3 Å². The molecular formula is C14H14BrN3O3S. The molecule has 8 heteroatoms. The number of carbonyl (C=O) groups excluding carboxylic acids is 2. The Hall–Kier alpha value is -1.64. The minimum atomic E-state index is -0.516. The standard InChI is InChI=1S/C14H14BrN3O3S/c1-18-5-4-7-9(6-18)22-14(11(7)12(16)19)17-13(20)8-2-3-10(15)21-8/h2-3H,4-6H2,1H3,(H2,16,19)(H,17,20). The van der Waals surface area contributed by atoms with E-state index in [0.29, 0.717) is 15.2 Å². The SMILES string of the molecule is CN1CCc2c(sc(NC(=O)c3ccc(Br)o3)c2C(N)=O)C1. The average Bonchev–Trinajstić information content (AvgIpc) is 3.01. The molecule has 0 unspecified atom stereocenters. The number of likely N-dealkylation sites (N-methyl/N-ethyl adjacent to an activating group) is 1. The lowest BCUT2D eigenvalue weighted by Crippen LogP contribution is -2.27. The lowest BCUT2D eigenvalue weighted by molar-refractivity contribution is 0.0996. The summed E-state index contributed by atoms with van der Waals surface area (Å²) in [6.07, 6.45) is 0.753. The van der Waals surface area contributed by atoms with Crippen LogP contribution >= 0.6 is 27.3 Å². The highest BCUT2D eigenvalue weighted by molar-refractivity contribution is 9.10. The van der Waals surface area contributed by atoms with E-state index in [0.717, 1.165) is 30.0 Å². The number of nitrogens with one attached hydrogen (secondary N) is 1. The second-order valence-corrected chi connectivity index (χ2v) is 7.00. The number of hydrogen-bond acceptors (Lipinski definition) is 5. The molecule has 0 aromatic carbocycles. The Kier molecular flexibility index (Phi) is 4.07. The zero-order valence-corrected chi connectivity index (χ0v) is 14.2. The highest BCUT2D eigenvalue weighted by Gasteiger charge is 2.27. The maximum atomic E-state index is 12.2. The molecule has 3 rings (SSSR count). The van der Waals surface area contributed by atoms with Crippen molar-refractivity contribution >= 4 is 44.1 Å². The Morgan fingerprint density at radius 2 is 2.23 bits per heavy atom. The van der Waals surface area contributed by atoms with Crippen LogP contribution in [0.5, 0.6) is 0 Å². The van der Waals surface area contributed by atoms with E-state index in [1.165, 1.54) is 11.3 Å². The van der Waals surface area contributed by atoms with Gasteiger partial charge in [0.2, 0.25) is 0 Å². The van der Waals surface area contributed by atoms with Crippen molar-refractivity contribution in [2.75, 3.05) is 18.9 Å². The first kappa shape index (κ1) is 15.3. The second kappa shape index (κ2) is 5.86. The van der Waals surface area contributed by atoms with Crippen LogP contribution in [-0.2, 0) is 13.0 Å². The molecule has 116 valence electrons. The molecule has 1 aliphatic rings. The third-order valence-electron chi connectivity index (χ3n) is 3.52. The Bertz CT molecular complexity index is 753. The number of halogens is 1. The van der Waals surface area contributed by atoms with Gasteiger partial charge in [-0.1, -0.05) is 0 Å². The van der Waals surface area contributed by atoms with E-state index in [-0.39, 0.29) is 5.76 Å². The fourth-order valence-electron chi connectivity index (χ4n) is 2.48. The molecule has 2 aromatic heterocycles. The van der Waals surface area contributed by atoms with Crippen LogP contribution < -0.4 is 11.1 Å². The van der Waals surface area contributed by atoms with Crippen LogP contribution in [-0.4, -0.2) is 30.3 Å². The fraction of sp³-hybridized carbons (Fsp3) is 0.286. The molecule has 1 aliphatic heterocycles. The van der Waals surface area contributed by atoms with Gasteiger partial charge in [-0.2, -0.15) is 0 Å². The number of carbonyl (C=O) groups is 2. The first-order valence-corrected chi connectivity index (χ1v) is 8.26. The summed E-state index contributed by atoms with van der Waals surface area (Å²) in [5, 5.41) is 3.23. The van der Waals surface area contributed by atoms with Crippen molar-refractivity contribution in [3.8, 4) is 0 Å². The lowest BCUT2D eigenvalue weighted by Gasteiger charge is -2.22. The Morgan fingerprint density at radius 1 is 1.45 bits per heavy atom. The summed E-state index contributed by atoms with van der Waals surface area (Å²) < 4.78 is 5.69. The van der Waals surface area contributed by atoms with Gasteiger partial charge in [-0.05, 0) is 47.1 Å². The van der Waals surface area contributed by atoms with Crippen molar-refractivity contribution in [1.29, 1.82) is 0 Å². The van der Waals surface area contributed by atoms with Crippen LogP contribution in [0.1, 0.15) is 31.4 Å². The third-order valence-corrected chi connectivity index (χ3v) is 5.08. The molecule has 2 aromatic rings. The Morgan fingerprint density at radius 3 is 2.86 bits per heavy atom. The first-order valence-electron chi connectivity index (χ1n) is 6.65. The van der Waals surface area contributed by atoms with E-state index in [2.05, 4.69) is 26.1 Å². The lowest BCUT2D eigenvalue weighted by atomic mass is 10.0. The maximum absolute atomic E-state index is 12.2. The van der Waals surface area contributed by atoms with Gasteiger partial charge >= 0.3 is 0 Å². The molecule has 2 amide bonds. The molecular weight excluding hydrogens is 370 g/mol. The van der Waals surface area contributed by atoms with Crippen LogP contribution in [0.3, 0.4) is 0 Å². The molecule has 0 saturated carbocycles. The summed E-state index contributed by atoms with van der Waals surface area (Å²) >= 11 is 4.55. The Balaban J connectivity index is 1.93. The van der Waals surface area contributed by atoms with Crippen LogP contribution in [0.2, 0.25) is 0 Å². The number of nitrogens with two attached hydrogens (primary N) is 1. The molecule has 0 aliphatic carbocycles. The maximum Gasteiger partial charge on any atom is 0.292 e. The van der Waals surface area contributed by atoms with Gasteiger partial charge in [0.05, 0.1) is 5.56 Å². The largest absolute Gasteiger partial charge is 0.444 e. The fourth-order valence-corrected chi connectivity index (χ4v) is 4.12. The molecule has 0 saturated heterocycles. The highest BCUT2D eigenvalue weighted by Crippen LogP contribution is 2.36. The number of nitrogens with zero attached hydrogens (tertiary/aromatic N) is 1. The monoisotopic (exact) mass is 383 g/mol. The summed E-state index contributed by atoms with van der Waals surface area (Å²) in [4.78, 5) is 27.2. The quantitative estimate of drug-likeness (QED) is 0.851. The minimum absolute atomic E-state index is 0.172. The molecule has 22 heavy (non-hydrogen) atoms. The number of anilines is 1. The number of fused-ring (bicyclic) bond motifs is 1. The summed E-state index contributed by atoms with van der Waals surface area (Å²) in [5.74, 6) is -0.746. The van der Waals surface area contributed by atoms with E-state index in [4.69, 9.17) is 10.2 Å². The topological polar surface area (TPSA) is 88.6 Å². The van der Waals surface area contributed by atoms with Crippen LogP contribution in [0.4, 0.5) is 5.00 Å². The van der Waals surface area contributed by atoms with E-state index >= 15 is 0 Å². The molecule has 6 nitrogen and oxygen atoms in total. The van der Waals surface area contributed by atoms with Crippen LogP contribution in [0, 0.1) is 0 Å². The number of hydrogen-bond donors (Lipinski definition) is 2. The predicted molar refractivity (Wildman–Crippen MR) is 87.2 cm³/mol. The van der Waals surface area contributed by atoms with Crippen molar-refractivity contribution in [3.05, 3.63) is 38.6 Å². The number of furan rings is 1. The zero-order valence-electron chi connectivity index (χ0n) is 11.8. The van der Waals surface area contributed by atoms with Crippen molar-refractivity contribution in [1.82, 2.24) is 4.90 Å². The van der Waals surface area contributed by atoms with Crippen molar-refractivity contribution in [2.45, 2.75) is 13.0 Å². The first-order chi connectivity index (χ1) is 10.5. The number of amides is 2. The van der Waals surface area contributed by atoms with Gasteiger partial charge in [0.1, 0.15) is 5.00 Å². The molecule has 0 spiro atoms. The van der Waals surface area contributed by atoms with Gasteiger partial charge in [0, 0.05) is 18.0 Å². The second-order valence-electron chi connectivity index (χ2n) is 5.12. The van der Waals surface area contributed by atoms with Gasteiger partial charge in [-0.3, -0.25) is 9.59 Å². The highest BCUT2D eigenvalue weighted by atomic mass is 79.9. The van der Waals surface area contributed by atoms with Crippen LogP contribution in [0.15, 0.2) is 21.2 Å². The Labute approximate surface area is 139 Å². The number of primary amides is 1. The van der Waals surface area contributed by atoms with E-state index in [1.807, 2.05) is 7.05 Å². The molecule has 0 fully saturated rings. The van der Waals surface area contributed by atoms with E-state index in [9.17, 15) is 9.59 Å². The van der Waals surface area contributed by atoms with Crippen molar-refractivity contribution < 1.29 is 14.0 Å². The smallest absolute Gasteiger partial charge is 0.292 e. The molecule has 3 heterocycles. The summed E-state index contributed by atoms with van der Waals surface area (Å²) in [5.41, 5.74) is 6.88. The third kappa shape index (κ3) is 2.81. The minimum Gasteiger partial charge on any atom is -0.444 e. The van der Waals surface area contributed by atoms with E-state index in [1.54, 1.807) is 12.1 Å². The van der Waals surface area contributed by atoms with Gasteiger partial charge < -0.3 is 20.4 Å². The number of thiophene rings is 1.